The molecule has 0 fully saturated rings. The number of nitrogens with zero attached hydrogens (tertiary/aromatic N) is 4. The molecule has 166 valence electrons. The number of esters is 1. The molecule has 32 heavy (non-hydrogen) atoms. The maximum absolute atomic E-state index is 13.0. The molecule has 1 amide bonds. The van der Waals surface area contributed by atoms with Crippen molar-refractivity contribution in [3.63, 3.8) is 0 Å². The number of benzene rings is 1. The number of carbonyl (C=O) groups excluding carboxylic acids is 2. The average Bonchev–Trinajstić information content (AvgIpc) is 3.47. The molecule has 1 N–H and O–H groups in total. The van der Waals surface area contributed by atoms with Gasteiger partial charge >= 0.3 is 5.97 Å². The first kappa shape index (κ1) is 21.4. The first-order chi connectivity index (χ1) is 15.5. The Morgan fingerprint density at radius 3 is 2.66 bits per heavy atom. The van der Waals surface area contributed by atoms with E-state index in [-0.39, 0.29) is 25.6 Å². The third-order valence-corrected chi connectivity index (χ3v) is 5.34. The van der Waals surface area contributed by atoms with E-state index >= 15 is 0 Å². The van der Waals surface area contributed by atoms with Crippen molar-refractivity contribution in [1.82, 2.24) is 20.1 Å². The van der Waals surface area contributed by atoms with E-state index < -0.39 is 12.0 Å². The summed E-state index contributed by atoms with van der Waals surface area (Å²) in [5.74, 6) is 0.443. The van der Waals surface area contributed by atoms with Crippen molar-refractivity contribution in [2.24, 2.45) is 0 Å². The van der Waals surface area contributed by atoms with Crippen LogP contribution >= 0.6 is 0 Å². The fourth-order valence-electron chi connectivity index (χ4n) is 3.75. The Kier molecular flexibility index (Phi) is 6.07. The zero-order valence-corrected chi connectivity index (χ0v) is 18.2. The minimum atomic E-state index is -0.505. The molecule has 1 aliphatic rings. The summed E-state index contributed by atoms with van der Waals surface area (Å²) < 4.78 is 12.3. The van der Waals surface area contributed by atoms with Gasteiger partial charge in [-0.2, -0.15) is 10.1 Å². The number of carbonyl (C=O) groups is 2. The Bertz CT molecular complexity index is 1130. The summed E-state index contributed by atoms with van der Waals surface area (Å²) in [7, 11) is 0. The van der Waals surface area contributed by atoms with Gasteiger partial charge in [0.15, 0.2) is 0 Å². The molecule has 3 aromatic rings. The van der Waals surface area contributed by atoms with Crippen LogP contribution in [0.2, 0.25) is 0 Å². The summed E-state index contributed by atoms with van der Waals surface area (Å²) in [4.78, 5) is 31.8. The van der Waals surface area contributed by atoms with Crippen LogP contribution in [0.15, 0.2) is 64.7 Å². The monoisotopic (exact) mass is 435 g/mol. The van der Waals surface area contributed by atoms with E-state index in [4.69, 9.17) is 9.15 Å². The standard InChI is InChI=1S/C23H25N5O4/c1-4-31-22(30)20-16(3)27(13-19(29)24-12-18-6-5-11-32-18)23-25-14-26-28(23)21(20)17-9-7-15(2)8-10-17/h5-11,14,21H,4,12-13H2,1-3H3,(H,24,29)/t21-/m0/s1. The number of rotatable bonds is 7. The number of aryl methyl sites for hydroxylation is 1. The number of anilines is 1. The maximum atomic E-state index is 13.0. The van der Waals surface area contributed by atoms with Gasteiger partial charge in [-0.25, -0.2) is 9.48 Å². The van der Waals surface area contributed by atoms with Crippen molar-refractivity contribution >= 4 is 17.8 Å². The normalized spacial score (nSPS) is 15.5. The van der Waals surface area contributed by atoms with Crippen LogP contribution in [0, 0.1) is 6.92 Å². The molecule has 9 nitrogen and oxygen atoms in total. The Balaban J connectivity index is 1.69. The second kappa shape index (κ2) is 9.09. The van der Waals surface area contributed by atoms with Gasteiger partial charge in [0, 0.05) is 5.70 Å². The Morgan fingerprint density at radius 2 is 1.97 bits per heavy atom. The van der Waals surface area contributed by atoms with E-state index in [0.717, 1.165) is 11.1 Å². The lowest BCUT2D eigenvalue weighted by Crippen LogP contribution is -2.42. The lowest BCUT2D eigenvalue weighted by molar-refractivity contribution is -0.139. The molecule has 0 saturated carbocycles. The van der Waals surface area contributed by atoms with Crippen LogP contribution in [0.1, 0.15) is 36.8 Å². The number of aromatic nitrogens is 3. The lowest BCUT2D eigenvalue weighted by atomic mass is 9.94. The summed E-state index contributed by atoms with van der Waals surface area (Å²) in [5, 5.41) is 7.21. The number of nitrogens with one attached hydrogen (secondary N) is 1. The number of ether oxygens (including phenoxy) is 1. The van der Waals surface area contributed by atoms with Crippen molar-refractivity contribution in [2.45, 2.75) is 33.4 Å². The molecule has 3 heterocycles. The highest BCUT2D eigenvalue weighted by Crippen LogP contribution is 2.38. The molecule has 1 aromatic carbocycles. The smallest absolute Gasteiger partial charge is 0.338 e. The van der Waals surface area contributed by atoms with Crippen LogP contribution in [0.5, 0.6) is 0 Å². The number of amides is 1. The maximum Gasteiger partial charge on any atom is 0.338 e. The first-order valence-corrected chi connectivity index (χ1v) is 10.4. The highest BCUT2D eigenvalue weighted by molar-refractivity contribution is 5.93. The SMILES string of the molecule is CCOC(=O)C1=C(C)N(CC(=O)NCc2ccco2)c2ncnn2[C@H]1c1ccc(C)cc1. The molecular formula is C23H25N5O4. The average molecular weight is 435 g/mol. The van der Waals surface area contributed by atoms with Crippen LogP contribution in [0.4, 0.5) is 5.95 Å². The fourth-order valence-corrected chi connectivity index (χ4v) is 3.75. The predicted molar refractivity (Wildman–Crippen MR) is 117 cm³/mol. The van der Waals surface area contributed by atoms with E-state index in [1.54, 1.807) is 41.8 Å². The molecule has 2 aromatic heterocycles. The van der Waals surface area contributed by atoms with Gasteiger partial charge in [-0.3, -0.25) is 4.79 Å². The van der Waals surface area contributed by atoms with Crippen molar-refractivity contribution in [2.75, 3.05) is 18.1 Å². The van der Waals surface area contributed by atoms with Crippen LogP contribution in [0.25, 0.3) is 0 Å². The molecule has 0 radical (unpaired) electrons. The highest BCUT2D eigenvalue weighted by atomic mass is 16.5. The summed E-state index contributed by atoms with van der Waals surface area (Å²) >= 11 is 0. The van der Waals surface area contributed by atoms with Gasteiger partial charge in [0.05, 0.1) is 25.0 Å². The van der Waals surface area contributed by atoms with Gasteiger partial charge in [-0.1, -0.05) is 29.8 Å². The number of hydrogen-bond acceptors (Lipinski definition) is 7. The number of fused-ring (bicyclic) bond motifs is 1. The van der Waals surface area contributed by atoms with Crippen molar-refractivity contribution in [3.8, 4) is 0 Å². The molecule has 1 atom stereocenters. The predicted octanol–water partition coefficient (Wildman–Crippen LogP) is 2.74. The molecule has 0 aliphatic carbocycles. The minimum Gasteiger partial charge on any atom is -0.467 e. The molecule has 0 saturated heterocycles. The van der Waals surface area contributed by atoms with Gasteiger partial charge in [-0.05, 0) is 38.5 Å². The zero-order valence-electron chi connectivity index (χ0n) is 18.2. The van der Waals surface area contributed by atoms with Gasteiger partial charge in [0.25, 0.3) is 0 Å². The van der Waals surface area contributed by atoms with Crippen LogP contribution in [-0.4, -0.2) is 39.8 Å². The molecule has 0 unspecified atom stereocenters. The summed E-state index contributed by atoms with van der Waals surface area (Å²) in [5.41, 5.74) is 3.01. The Labute approximate surface area is 185 Å². The third kappa shape index (κ3) is 4.14. The van der Waals surface area contributed by atoms with Crippen LogP contribution in [0.3, 0.4) is 0 Å². The van der Waals surface area contributed by atoms with Gasteiger partial charge < -0.3 is 19.4 Å². The van der Waals surface area contributed by atoms with Gasteiger partial charge in [-0.15, -0.1) is 0 Å². The molecule has 0 spiro atoms. The van der Waals surface area contributed by atoms with Crippen LogP contribution < -0.4 is 10.2 Å². The Hall–Kier alpha value is -3.88. The fraction of sp³-hybridized carbons (Fsp3) is 0.304. The summed E-state index contributed by atoms with van der Waals surface area (Å²) in [6, 6.07) is 10.9. The lowest BCUT2D eigenvalue weighted by Gasteiger charge is -2.35. The Morgan fingerprint density at radius 1 is 1.19 bits per heavy atom. The zero-order chi connectivity index (χ0) is 22.7. The van der Waals surface area contributed by atoms with Crippen LogP contribution in [-0.2, 0) is 20.9 Å². The van der Waals surface area contributed by atoms with Crippen molar-refractivity contribution in [1.29, 1.82) is 0 Å². The van der Waals surface area contributed by atoms with Crippen molar-refractivity contribution < 1.29 is 18.7 Å². The third-order valence-electron chi connectivity index (χ3n) is 5.34. The van der Waals surface area contributed by atoms with Gasteiger partial charge in [0.1, 0.15) is 24.7 Å². The molecule has 0 bridgehead atoms. The highest BCUT2D eigenvalue weighted by Gasteiger charge is 2.38. The molecule has 9 heteroatoms. The topological polar surface area (TPSA) is 102 Å². The van der Waals surface area contributed by atoms with E-state index in [9.17, 15) is 9.59 Å². The second-order valence-corrected chi connectivity index (χ2v) is 7.48. The summed E-state index contributed by atoms with van der Waals surface area (Å²) in [6.45, 7) is 6.04. The number of furan rings is 1. The second-order valence-electron chi connectivity index (χ2n) is 7.48. The molecule has 1 aliphatic heterocycles. The quantitative estimate of drug-likeness (QED) is 0.569. The van der Waals surface area contributed by atoms with E-state index in [0.29, 0.717) is 23.0 Å². The van der Waals surface area contributed by atoms with E-state index in [1.165, 1.54) is 6.33 Å². The first-order valence-electron chi connectivity index (χ1n) is 10.4. The van der Waals surface area contributed by atoms with E-state index in [1.807, 2.05) is 31.2 Å². The summed E-state index contributed by atoms with van der Waals surface area (Å²) in [6.07, 6.45) is 2.98. The largest absolute Gasteiger partial charge is 0.467 e. The van der Waals surface area contributed by atoms with E-state index in [2.05, 4.69) is 15.4 Å². The van der Waals surface area contributed by atoms with Crippen molar-refractivity contribution in [3.05, 3.63) is 77.1 Å². The molecular weight excluding hydrogens is 410 g/mol. The minimum absolute atomic E-state index is 0.0330. The number of hydrogen-bond donors (Lipinski definition) is 1. The molecule has 4 rings (SSSR count). The number of allylic oxidation sites excluding steroid dienone is 1. The van der Waals surface area contributed by atoms with Gasteiger partial charge in [0.2, 0.25) is 11.9 Å².